The topological polar surface area (TPSA) is 58.2 Å². The summed E-state index contributed by atoms with van der Waals surface area (Å²) in [7, 11) is 0. The molecule has 2 unspecified atom stereocenters. The molecule has 0 spiro atoms. The molecule has 2 amide bonds. The standard InChI is InChI=1S/C22H32N2O2/c1-14(2)17-12-8-9-15(3)20(17)24-22(26)19-13-18(19)21(25)23-16-10-6-4-5-7-11-16/h8-9,12,14,16,18-19H,4-7,10-11,13H2,1-3H3,(H,23,25)(H,24,26). The minimum atomic E-state index is -0.180. The van der Waals surface area contributed by atoms with Gasteiger partial charge in [0.25, 0.3) is 0 Å². The van der Waals surface area contributed by atoms with Crippen molar-refractivity contribution >= 4 is 17.5 Å². The van der Waals surface area contributed by atoms with Crippen LogP contribution in [-0.2, 0) is 9.59 Å². The van der Waals surface area contributed by atoms with Crippen LogP contribution < -0.4 is 10.6 Å². The molecule has 0 saturated heterocycles. The van der Waals surface area contributed by atoms with Crippen molar-refractivity contribution < 1.29 is 9.59 Å². The second-order valence-corrected chi connectivity index (χ2v) is 8.33. The third-order valence-corrected chi connectivity index (χ3v) is 5.84. The lowest BCUT2D eigenvalue weighted by Gasteiger charge is -2.17. The quantitative estimate of drug-likeness (QED) is 0.762. The van der Waals surface area contributed by atoms with Crippen molar-refractivity contribution in [3.63, 3.8) is 0 Å². The third-order valence-electron chi connectivity index (χ3n) is 5.84. The van der Waals surface area contributed by atoms with Crippen molar-refractivity contribution in [3.8, 4) is 0 Å². The molecule has 4 nitrogen and oxygen atoms in total. The number of carbonyl (C=O) groups excluding carboxylic acids is 2. The Morgan fingerprint density at radius 2 is 1.65 bits per heavy atom. The first-order chi connectivity index (χ1) is 12.5. The molecule has 0 aliphatic heterocycles. The molecule has 1 aromatic carbocycles. The van der Waals surface area contributed by atoms with Crippen molar-refractivity contribution in [2.75, 3.05) is 5.32 Å². The number of amides is 2. The van der Waals surface area contributed by atoms with Crippen LogP contribution in [0.4, 0.5) is 5.69 Å². The van der Waals surface area contributed by atoms with Gasteiger partial charge in [-0.3, -0.25) is 9.59 Å². The number of nitrogens with one attached hydrogen (secondary N) is 2. The van der Waals surface area contributed by atoms with Crippen LogP contribution >= 0.6 is 0 Å². The Labute approximate surface area is 157 Å². The lowest BCUT2D eigenvalue weighted by molar-refractivity contribution is -0.125. The highest BCUT2D eigenvalue weighted by atomic mass is 16.2. The van der Waals surface area contributed by atoms with E-state index in [1.54, 1.807) is 0 Å². The number of anilines is 1. The number of aryl methyl sites for hydroxylation is 1. The Kier molecular flexibility index (Phi) is 6.00. The molecule has 0 aromatic heterocycles. The second kappa shape index (κ2) is 8.24. The fourth-order valence-electron chi connectivity index (χ4n) is 4.06. The van der Waals surface area contributed by atoms with E-state index in [-0.39, 0.29) is 23.7 Å². The number of para-hydroxylation sites is 1. The molecular formula is C22H32N2O2. The normalized spacial score (nSPS) is 23.4. The average Bonchev–Trinajstić information content (AvgIpc) is 3.40. The van der Waals surface area contributed by atoms with Gasteiger partial charge in [-0.2, -0.15) is 0 Å². The van der Waals surface area contributed by atoms with Crippen LogP contribution in [0.5, 0.6) is 0 Å². The van der Waals surface area contributed by atoms with Gasteiger partial charge in [-0.05, 0) is 43.2 Å². The molecule has 4 heteroatoms. The fraction of sp³-hybridized carbons (Fsp3) is 0.636. The van der Waals surface area contributed by atoms with Crippen LogP contribution in [0.25, 0.3) is 0 Å². The maximum Gasteiger partial charge on any atom is 0.228 e. The van der Waals surface area contributed by atoms with E-state index in [4.69, 9.17) is 0 Å². The Morgan fingerprint density at radius 1 is 1.00 bits per heavy atom. The van der Waals surface area contributed by atoms with E-state index in [9.17, 15) is 9.59 Å². The number of carbonyl (C=O) groups is 2. The summed E-state index contributed by atoms with van der Waals surface area (Å²) in [4.78, 5) is 25.2. The highest BCUT2D eigenvalue weighted by Crippen LogP contribution is 2.40. The zero-order chi connectivity index (χ0) is 18.7. The van der Waals surface area contributed by atoms with Crippen LogP contribution in [-0.4, -0.2) is 17.9 Å². The van der Waals surface area contributed by atoms with Crippen molar-refractivity contribution in [2.24, 2.45) is 11.8 Å². The molecule has 0 bridgehead atoms. The Bertz CT molecular complexity index is 660. The number of rotatable bonds is 5. The van der Waals surface area contributed by atoms with E-state index >= 15 is 0 Å². The predicted octanol–water partition coefficient (Wildman–Crippen LogP) is 4.53. The smallest absolute Gasteiger partial charge is 0.228 e. The molecule has 3 rings (SSSR count). The molecule has 0 heterocycles. The van der Waals surface area contributed by atoms with Gasteiger partial charge >= 0.3 is 0 Å². The van der Waals surface area contributed by atoms with Crippen LogP contribution in [0.3, 0.4) is 0 Å². The van der Waals surface area contributed by atoms with E-state index < -0.39 is 0 Å². The molecular weight excluding hydrogens is 324 g/mol. The summed E-state index contributed by atoms with van der Waals surface area (Å²) in [5, 5.41) is 6.29. The van der Waals surface area contributed by atoms with Crippen LogP contribution in [0, 0.1) is 18.8 Å². The molecule has 26 heavy (non-hydrogen) atoms. The van der Waals surface area contributed by atoms with Gasteiger partial charge < -0.3 is 10.6 Å². The van der Waals surface area contributed by atoms with Gasteiger partial charge in [0.15, 0.2) is 0 Å². The number of hydrogen-bond acceptors (Lipinski definition) is 2. The van der Waals surface area contributed by atoms with Gasteiger partial charge in [-0.15, -0.1) is 0 Å². The second-order valence-electron chi connectivity index (χ2n) is 8.33. The first kappa shape index (κ1) is 18.9. The summed E-state index contributed by atoms with van der Waals surface area (Å²) in [5.41, 5.74) is 3.14. The minimum Gasteiger partial charge on any atom is -0.353 e. The third kappa shape index (κ3) is 4.46. The van der Waals surface area contributed by atoms with Gasteiger partial charge in [0.05, 0.1) is 11.8 Å². The van der Waals surface area contributed by atoms with E-state index in [0.29, 0.717) is 18.4 Å². The summed E-state index contributed by atoms with van der Waals surface area (Å²) in [6.45, 7) is 6.28. The lowest BCUT2D eigenvalue weighted by atomic mass is 9.98. The summed E-state index contributed by atoms with van der Waals surface area (Å²) in [5.74, 6) is 0.0806. The summed E-state index contributed by atoms with van der Waals surface area (Å²) >= 11 is 0. The summed E-state index contributed by atoms with van der Waals surface area (Å²) < 4.78 is 0. The Morgan fingerprint density at radius 3 is 2.31 bits per heavy atom. The van der Waals surface area contributed by atoms with E-state index in [1.165, 1.54) is 25.7 Å². The van der Waals surface area contributed by atoms with Crippen LogP contribution in [0.15, 0.2) is 18.2 Å². The highest BCUT2D eigenvalue weighted by Gasteiger charge is 2.48. The van der Waals surface area contributed by atoms with Crippen LogP contribution in [0.1, 0.15) is 75.8 Å². The zero-order valence-electron chi connectivity index (χ0n) is 16.3. The van der Waals surface area contributed by atoms with Crippen LogP contribution in [0.2, 0.25) is 0 Å². The highest BCUT2D eigenvalue weighted by molar-refractivity contribution is 6.00. The van der Waals surface area contributed by atoms with Crippen molar-refractivity contribution in [3.05, 3.63) is 29.3 Å². The Hall–Kier alpha value is -1.84. The van der Waals surface area contributed by atoms with Gasteiger partial charge in [0.1, 0.15) is 0 Å². The summed E-state index contributed by atoms with van der Waals surface area (Å²) in [6.07, 6.45) is 7.78. The maximum atomic E-state index is 12.7. The Balaban J connectivity index is 1.57. The summed E-state index contributed by atoms with van der Waals surface area (Å²) in [6, 6.07) is 6.42. The SMILES string of the molecule is Cc1cccc(C(C)C)c1NC(=O)C1CC1C(=O)NC1CCCCCC1. The first-order valence-corrected chi connectivity index (χ1v) is 10.2. The molecule has 2 aliphatic carbocycles. The zero-order valence-corrected chi connectivity index (χ0v) is 16.3. The van der Waals surface area contributed by atoms with Gasteiger partial charge in [0.2, 0.25) is 11.8 Å². The van der Waals surface area contributed by atoms with E-state index in [0.717, 1.165) is 29.7 Å². The van der Waals surface area contributed by atoms with Gasteiger partial charge in [-0.1, -0.05) is 57.7 Å². The average molecular weight is 357 g/mol. The monoisotopic (exact) mass is 356 g/mol. The molecule has 2 fully saturated rings. The van der Waals surface area contributed by atoms with Crippen molar-refractivity contribution in [1.29, 1.82) is 0 Å². The molecule has 1 aromatic rings. The van der Waals surface area contributed by atoms with Crippen molar-refractivity contribution in [1.82, 2.24) is 5.32 Å². The maximum absolute atomic E-state index is 12.7. The number of hydrogen-bond donors (Lipinski definition) is 2. The van der Waals surface area contributed by atoms with E-state index in [2.05, 4.69) is 30.5 Å². The first-order valence-electron chi connectivity index (χ1n) is 10.2. The van der Waals surface area contributed by atoms with E-state index in [1.807, 2.05) is 19.1 Å². The molecule has 2 saturated carbocycles. The number of benzene rings is 1. The van der Waals surface area contributed by atoms with Gasteiger partial charge in [0, 0.05) is 11.7 Å². The molecule has 2 atom stereocenters. The fourth-order valence-corrected chi connectivity index (χ4v) is 4.06. The predicted molar refractivity (Wildman–Crippen MR) is 105 cm³/mol. The molecule has 2 N–H and O–H groups in total. The largest absolute Gasteiger partial charge is 0.353 e. The molecule has 142 valence electrons. The minimum absolute atomic E-state index is 0.0118. The van der Waals surface area contributed by atoms with Crippen molar-refractivity contribution in [2.45, 2.75) is 77.7 Å². The lowest BCUT2D eigenvalue weighted by Crippen LogP contribution is -2.36. The molecule has 2 aliphatic rings. The van der Waals surface area contributed by atoms with Gasteiger partial charge in [-0.25, -0.2) is 0 Å². The molecule has 0 radical (unpaired) electrons.